The van der Waals surface area contributed by atoms with Crippen molar-refractivity contribution in [2.45, 2.75) is 32.3 Å². The van der Waals surface area contributed by atoms with Gasteiger partial charge < -0.3 is 9.84 Å². The zero-order chi connectivity index (χ0) is 13.4. The number of thiophene rings is 1. The van der Waals surface area contributed by atoms with Crippen molar-refractivity contribution in [1.82, 2.24) is 0 Å². The molecule has 3 rings (SSSR count). The van der Waals surface area contributed by atoms with Gasteiger partial charge in [0.25, 0.3) is 0 Å². The molecule has 3 heteroatoms. The molecule has 0 bridgehead atoms. The second-order valence-corrected chi connectivity index (χ2v) is 6.25. The van der Waals surface area contributed by atoms with E-state index in [0.717, 1.165) is 21.8 Å². The standard InChI is InChI=1S/C16H18O2S/c1-10-8-12(6-7-13(10)18-2)16(17)15-9-11-4-3-5-14(11)19-15/h6-9,16-17H,3-5H2,1-2H3. The number of ether oxygens (including phenoxy) is 1. The quantitative estimate of drug-likeness (QED) is 0.926. The summed E-state index contributed by atoms with van der Waals surface area (Å²) in [6.07, 6.45) is 3.09. The largest absolute Gasteiger partial charge is 0.496 e. The van der Waals surface area contributed by atoms with E-state index < -0.39 is 6.10 Å². The van der Waals surface area contributed by atoms with E-state index in [1.54, 1.807) is 18.4 Å². The molecule has 0 saturated heterocycles. The van der Waals surface area contributed by atoms with Crippen molar-refractivity contribution in [2.24, 2.45) is 0 Å². The Morgan fingerprint density at radius 1 is 1.26 bits per heavy atom. The fourth-order valence-corrected chi connectivity index (χ4v) is 3.99. The minimum absolute atomic E-state index is 0.514. The molecule has 100 valence electrons. The van der Waals surface area contributed by atoms with Gasteiger partial charge >= 0.3 is 0 Å². The Hall–Kier alpha value is -1.32. The molecule has 0 saturated carbocycles. The molecule has 19 heavy (non-hydrogen) atoms. The summed E-state index contributed by atoms with van der Waals surface area (Å²) in [5.41, 5.74) is 3.44. The fraction of sp³-hybridized carbons (Fsp3) is 0.375. The average Bonchev–Trinajstić information content (AvgIpc) is 2.98. The first-order chi connectivity index (χ1) is 9.19. The molecule has 0 fully saturated rings. The van der Waals surface area contributed by atoms with Crippen LogP contribution in [0.1, 0.15) is 39.0 Å². The Kier molecular flexibility index (Phi) is 3.33. The van der Waals surface area contributed by atoms with Crippen LogP contribution in [0.15, 0.2) is 24.3 Å². The number of hydrogen-bond donors (Lipinski definition) is 1. The lowest BCUT2D eigenvalue weighted by atomic mass is 10.0. The van der Waals surface area contributed by atoms with Crippen LogP contribution in [0.25, 0.3) is 0 Å². The molecular formula is C16H18O2S. The maximum atomic E-state index is 10.5. The van der Waals surface area contributed by atoms with Crippen molar-refractivity contribution < 1.29 is 9.84 Å². The van der Waals surface area contributed by atoms with E-state index in [-0.39, 0.29) is 0 Å². The highest BCUT2D eigenvalue weighted by atomic mass is 32.1. The predicted molar refractivity (Wildman–Crippen MR) is 78.1 cm³/mol. The molecule has 0 radical (unpaired) electrons. The van der Waals surface area contributed by atoms with Gasteiger partial charge in [-0.15, -0.1) is 11.3 Å². The van der Waals surface area contributed by atoms with Gasteiger partial charge in [-0.3, -0.25) is 0 Å². The Morgan fingerprint density at radius 2 is 2.11 bits per heavy atom. The zero-order valence-corrected chi connectivity index (χ0v) is 12.1. The molecule has 1 aromatic heterocycles. The summed E-state index contributed by atoms with van der Waals surface area (Å²) in [6, 6.07) is 8.06. The van der Waals surface area contributed by atoms with Crippen LogP contribution < -0.4 is 4.74 Å². The Bertz CT molecular complexity index is 579. The Labute approximate surface area is 117 Å². The van der Waals surface area contributed by atoms with E-state index in [1.807, 2.05) is 25.1 Å². The second kappa shape index (κ2) is 4.99. The highest BCUT2D eigenvalue weighted by molar-refractivity contribution is 7.12. The Morgan fingerprint density at radius 3 is 2.79 bits per heavy atom. The highest BCUT2D eigenvalue weighted by Crippen LogP contribution is 2.36. The van der Waals surface area contributed by atoms with Crippen LogP contribution in [0.5, 0.6) is 5.75 Å². The lowest BCUT2D eigenvalue weighted by molar-refractivity contribution is 0.224. The summed E-state index contributed by atoms with van der Waals surface area (Å²) in [4.78, 5) is 2.52. The average molecular weight is 274 g/mol. The van der Waals surface area contributed by atoms with E-state index >= 15 is 0 Å². The summed E-state index contributed by atoms with van der Waals surface area (Å²) in [7, 11) is 1.67. The number of hydrogen-bond acceptors (Lipinski definition) is 3. The van der Waals surface area contributed by atoms with Crippen LogP contribution in [0.2, 0.25) is 0 Å². The maximum absolute atomic E-state index is 10.5. The molecule has 0 spiro atoms. The van der Waals surface area contributed by atoms with Crippen LogP contribution in [0.3, 0.4) is 0 Å². The van der Waals surface area contributed by atoms with Gasteiger partial charge in [-0.1, -0.05) is 6.07 Å². The van der Waals surface area contributed by atoms with Gasteiger partial charge in [0.15, 0.2) is 0 Å². The van der Waals surface area contributed by atoms with E-state index in [2.05, 4.69) is 6.07 Å². The fourth-order valence-electron chi connectivity index (χ4n) is 2.72. The number of aryl methyl sites for hydroxylation is 3. The van der Waals surface area contributed by atoms with Gasteiger partial charge in [0, 0.05) is 9.75 Å². The van der Waals surface area contributed by atoms with Crippen LogP contribution in [0, 0.1) is 6.92 Å². The van der Waals surface area contributed by atoms with E-state index in [4.69, 9.17) is 4.74 Å². The summed E-state index contributed by atoms with van der Waals surface area (Å²) in [5, 5.41) is 10.5. The molecule has 1 heterocycles. The molecule has 2 aromatic rings. The van der Waals surface area contributed by atoms with Gasteiger partial charge in [0.2, 0.25) is 0 Å². The van der Waals surface area contributed by atoms with Crippen LogP contribution in [-0.2, 0) is 12.8 Å². The number of methoxy groups -OCH3 is 1. The topological polar surface area (TPSA) is 29.5 Å². The predicted octanol–water partition coefficient (Wildman–Crippen LogP) is 3.64. The molecule has 0 amide bonds. The van der Waals surface area contributed by atoms with Crippen molar-refractivity contribution in [3.63, 3.8) is 0 Å². The molecule has 1 aliphatic rings. The zero-order valence-electron chi connectivity index (χ0n) is 11.3. The first kappa shape index (κ1) is 12.7. The van der Waals surface area contributed by atoms with Crippen molar-refractivity contribution in [3.05, 3.63) is 50.7 Å². The lowest BCUT2D eigenvalue weighted by Crippen LogP contribution is -1.98. The monoisotopic (exact) mass is 274 g/mol. The van der Waals surface area contributed by atoms with Crippen LogP contribution in [-0.4, -0.2) is 12.2 Å². The Balaban J connectivity index is 1.90. The van der Waals surface area contributed by atoms with Crippen molar-refractivity contribution in [1.29, 1.82) is 0 Å². The lowest BCUT2D eigenvalue weighted by Gasteiger charge is -2.12. The maximum Gasteiger partial charge on any atom is 0.121 e. The summed E-state index contributed by atoms with van der Waals surface area (Å²) in [6.45, 7) is 2.00. The molecule has 1 aromatic carbocycles. The first-order valence-corrected chi connectivity index (χ1v) is 7.45. The first-order valence-electron chi connectivity index (χ1n) is 6.63. The number of aliphatic hydroxyl groups is 1. The molecular weight excluding hydrogens is 256 g/mol. The van der Waals surface area contributed by atoms with Crippen molar-refractivity contribution in [3.8, 4) is 5.75 Å². The van der Waals surface area contributed by atoms with Crippen LogP contribution >= 0.6 is 11.3 Å². The minimum atomic E-state index is -0.514. The second-order valence-electron chi connectivity index (χ2n) is 5.08. The normalized spacial score (nSPS) is 15.3. The number of aliphatic hydroxyl groups excluding tert-OH is 1. The molecule has 0 aliphatic heterocycles. The molecule has 2 nitrogen and oxygen atoms in total. The van der Waals surface area contributed by atoms with E-state index in [1.165, 1.54) is 29.7 Å². The molecule has 1 N–H and O–H groups in total. The highest BCUT2D eigenvalue weighted by Gasteiger charge is 2.20. The van der Waals surface area contributed by atoms with Gasteiger partial charge in [0.05, 0.1) is 7.11 Å². The van der Waals surface area contributed by atoms with E-state index in [9.17, 15) is 5.11 Å². The summed E-state index contributed by atoms with van der Waals surface area (Å²) in [5.74, 6) is 0.865. The molecule has 1 unspecified atom stereocenters. The third kappa shape index (κ3) is 2.28. The third-order valence-corrected chi connectivity index (χ3v) is 5.06. The van der Waals surface area contributed by atoms with E-state index in [0.29, 0.717) is 0 Å². The summed E-state index contributed by atoms with van der Waals surface area (Å²) < 4.78 is 5.26. The van der Waals surface area contributed by atoms with Crippen molar-refractivity contribution >= 4 is 11.3 Å². The van der Waals surface area contributed by atoms with Gasteiger partial charge in [-0.05, 0) is 61.1 Å². The summed E-state index contributed by atoms with van der Waals surface area (Å²) >= 11 is 1.76. The third-order valence-electron chi connectivity index (χ3n) is 3.77. The number of rotatable bonds is 3. The van der Waals surface area contributed by atoms with Gasteiger partial charge in [0.1, 0.15) is 11.9 Å². The molecule has 1 atom stereocenters. The van der Waals surface area contributed by atoms with Gasteiger partial charge in [-0.2, -0.15) is 0 Å². The van der Waals surface area contributed by atoms with Crippen molar-refractivity contribution in [2.75, 3.05) is 7.11 Å². The minimum Gasteiger partial charge on any atom is -0.496 e. The number of fused-ring (bicyclic) bond motifs is 1. The van der Waals surface area contributed by atoms with Crippen LogP contribution in [0.4, 0.5) is 0 Å². The molecule has 1 aliphatic carbocycles. The smallest absolute Gasteiger partial charge is 0.121 e. The number of benzene rings is 1. The van der Waals surface area contributed by atoms with Gasteiger partial charge in [-0.25, -0.2) is 0 Å². The SMILES string of the molecule is COc1ccc(C(O)c2cc3c(s2)CCC3)cc1C.